The molecule has 1 saturated heterocycles. The number of rotatable bonds is 7. The minimum Gasteiger partial charge on any atom is -0.492 e. The molecule has 2 heterocycles. The highest BCUT2D eigenvalue weighted by Crippen LogP contribution is 2.35. The number of hydrogen-bond acceptors (Lipinski definition) is 5. The SMILES string of the molecule is O=C1C(=O)N(Cc2ccc(Cl)c(Cl)c2)c2ccc(S(=O)(=O)N3CCCC3COc3ccccc3)cc21. The van der Waals surface area contributed by atoms with Gasteiger partial charge in [-0.2, -0.15) is 4.31 Å². The minimum absolute atomic E-state index is 0.0228. The van der Waals surface area contributed by atoms with Gasteiger partial charge in [-0.15, -0.1) is 0 Å². The van der Waals surface area contributed by atoms with Gasteiger partial charge in [0.05, 0.1) is 38.8 Å². The number of halogens is 2. The first-order valence-electron chi connectivity index (χ1n) is 11.4. The van der Waals surface area contributed by atoms with E-state index in [0.29, 0.717) is 46.4 Å². The number of ether oxygens (including phenoxy) is 1. The first-order chi connectivity index (χ1) is 17.3. The number of fused-ring (bicyclic) bond motifs is 1. The molecule has 1 fully saturated rings. The second-order valence-corrected chi connectivity index (χ2v) is 11.4. The van der Waals surface area contributed by atoms with E-state index in [1.807, 2.05) is 30.3 Å². The van der Waals surface area contributed by atoms with Gasteiger partial charge in [0, 0.05) is 6.54 Å². The van der Waals surface area contributed by atoms with Gasteiger partial charge in [0.15, 0.2) is 0 Å². The fourth-order valence-corrected chi connectivity index (χ4v) is 6.58. The summed E-state index contributed by atoms with van der Waals surface area (Å²) in [4.78, 5) is 26.8. The Kier molecular flexibility index (Phi) is 6.78. The Morgan fingerprint density at radius 2 is 1.72 bits per heavy atom. The summed E-state index contributed by atoms with van der Waals surface area (Å²) in [7, 11) is -3.90. The second kappa shape index (κ2) is 9.86. The Bertz CT molecular complexity index is 1450. The average Bonchev–Trinajstić information content (AvgIpc) is 3.45. The third-order valence-electron chi connectivity index (χ3n) is 6.38. The Balaban J connectivity index is 1.38. The van der Waals surface area contributed by atoms with E-state index in [0.717, 1.165) is 0 Å². The number of para-hydroxylation sites is 1. The van der Waals surface area contributed by atoms with Crippen LogP contribution in [-0.4, -0.2) is 43.6 Å². The lowest BCUT2D eigenvalue weighted by atomic mass is 10.1. The second-order valence-electron chi connectivity index (χ2n) is 8.68. The van der Waals surface area contributed by atoms with E-state index in [1.165, 1.54) is 27.4 Å². The molecule has 2 aliphatic rings. The lowest BCUT2D eigenvalue weighted by molar-refractivity contribution is -0.114. The molecule has 7 nitrogen and oxygen atoms in total. The molecule has 0 radical (unpaired) electrons. The van der Waals surface area contributed by atoms with Crippen LogP contribution in [0.2, 0.25) is 10.0 Å². The molecular formula is C26H22Cl2N2O5S. The fraction of sp³-hybridized carbons (Fsp3) is 0.231. The largest absolute Gasteiger partial charge is 0.492 e. The topological polar surface area (TPSA) is 84.0 Å². The van der Waals surface area contributed by atoms with Crippen molar-refractivity contribution in [2.75, 3.05) is 18.1 Å². The molecule has 0 aliphatic carbocycles. The van der Waals surface area contributed by atoms with Crippen molar-refractivity contribution >= 4 is 50.6 Å². The predicted octanol–water partition coefficient (Wildman–Crippen LogP) is 4.96. The Hall–Kier alpha value is -2.91. The van der Waals surface area contributed by atoms with Gasteiger partial charge in [-0.3, -0.25) is 9.59 Å². The number of benzene rings is 3. The number of ketones is 1. The van der Waals surface area contributed by atoms with Crippen LogP contribution in [0.5, 0.6) is 5.75 Å². The normalized spacial score (nSPS) is 18.1. The number of anilines is 1. The molecule has 10 heteroatoms. The summed E-state index contributed by atoms with van der Waals surface area (Å²) < 4.78 is 34.3. The third kappa shape index (κ3) is 4.62. The summed E-state index contributed by atoms with van der Waals surface area (Å²) in [5, 5.41) is 0.721. The first-order valence-corrected chi connectivity index (χ1v) is 13.6. The zero-order valence-corrected chi connectivity index (χ0v) is 21.4. The van der Waals surface area contributed by atoms with Crippen molar-refractivity contribution in [3.05, 3.63) is 87.9 Å². The molecule has 0 aromatic heterocycles. The molecule has 0 bridgehead atoms. The van der Waals surface area contributed by atoms with Crippen molar-refractivity contribution in [2.45, 2.75) is 30.3 Å². The monoisotopic (exact) mass is 544 g/mol. The predicted molar refractivity (Wildman–Crippen MR) is 137 cm³/mol. The Morgan fingerprint density at radius 1 is 0.944 bits per heavy atom. The van der Waals surface area contributed by atoms with Crippen LogP contribution in [0.15, 0.2) is 71.6 Å². The minimum atomic E-state index is -3.90. The van der Waals surface area contributed by atoms with E-state index in [2.05, 4.69) is 0 Å². The Labute approximate surface area is 219 Å². The van der Waals surface area contributed by atoms with Gasteiger partial charge in [-0.1, -0.05) is 47.5 Å². The molecule has 36 heavy (non-hydrogen) atoms. The third-order valence-corrected chi connectivity index (χ3v) is 9.07. The van der Waals surface area contributed by atoms with E-state index in [4.69, 9.17) is 27.9 Å². The number of sulfonamides is 1. The molecule has 0 saturated carbocycles. The van der Waals surface area contributed by atoms with E-state index in [-0.39, 0.29) is 29.7 Å². The quantitative estimate of drug-likeness (QED) is 0.392. The van der Waals surface area contributed by atoms with Crippen LogP contribution in [0, 0.1) is 0 Å². The van der Waals surface area contributed by atoms with Crippen molar-refractivity contribution in [3.63, 3.8) is 0 Å². The first kappa shape index (κ1) is 24.8. The van der Waals surface area contributed by atoms with Crippen LogP contribution in [0.1, 0.15) is 28.8 Å². The van der Waals surface area contributed by atoms with Crippen LogP contribution < -0.4 is 9.64 Å². The molecule has 0 spiro atoms. The van der Waals surface area contributed by atoms with Crippen molar-refractivity contribution in [2.24, 2.45) is 0 Å². The van der Waals surface area contributed by atoms with Crippen LogP contribution in [0.4, 0.5) is 5.69 Å². The van der Waals surface area contributed by atoms with Crippen LogP contribution in [0.25, 0.3) is 0 Å². The van der Waals surface area contributed by atoms with Crippen LogP contribution >= 0.6 is 23.2 Å². The van der Waals surface area contributed by atoms with Crippen molar-refractivity contribution in [1.29, 1.82) is 0 Å². The number of nitrogens with zero attached hydrogens (tertiary/aromatic N) is 2. The van der Waals surface area contributed by atoms with Gasteiger partial charge in [0.1, 0.15) is 12.4 Å². The Morgan fingerprint density at radius 3 is 2.47 bits per heavy atom. The highest BCUT2D eigenvalue weighted by atomic mass is 35.5. The summed E-state index contributed by atoms with van der Waals surface area (Å²) in [6.45, 7) is 0.688. The van der Waals surface area contributed by atoms with E-state index < -0.39 is 21.7 Å². The zero-order chi connectivity index (χ0) is 25.4. The van der Waals surface area contributed by atoms with Crippen molar-refractivity contribution in [1.82, 2.24) is 4.31 Å². The molecular weight excluding hydrogens is 523 g/mol. The van der Waals surface area contributed by atoms with Gasteiger partial charge in [-0.05, 0) is 60.9 Å². The molecule has 3 aromatic carbocycles. The highest BCUT2D eigenvalue weighted by Gasteiger charge is 2.40. The molecule has 1 amide bonds. The van der Waals surface area contributed by atoms with Crippen molar-refractivity contribution < 1.29 is 22.7 Å². The number of amides is 1. The van der Waals surface area contributed by atoms with Gasteiger partial charge in [0.2, 0.25) is 10.0 Å². The number of hydrogen-bond donors (Lipinski definition) is 0. The molecule has 1 atom stereocenters. The maximum absolute atomic E-state index is 13.5. The zero-order valence-electron chi connectivity index (χ0n) is 19.1. The summed E-state index contributed by atoms with van der Waals surface area (Å²) in [5.74, 6) is -0.793. The number of carbonyl (C=O) groups is 2. The van der Waals surface area contributed by atoms with E-state index in [1.54, 1.807) is 18.2 Å². The van der Waals surface area contributed by atoms with Gasteiger partial charge in [0.25, 0.3) is 11.7 Å². The van der Waals surface area contributed by atoms with Gasteiger partial charge >= 0.3 is 0 Å². The molecule has 3 aromatic rings. The fourth-order valence-electron chi connectivity index (χ4n) is 4.55. The number of carbonyl (C=O) groups excluding carboxylic acids is 2. The summed E-state index contributed by atoms with van der Waals surface area (Å²) in [5.41, 5.74) is 1.12. The summed E-state index contributed by atoms with van der Waals surface area (Å²) in [6.07, 6.45) is 1.38. The lowest BCUT2D eigenvalue weighted by Crippen LogP contribution is -2.39. The molecule has 0 N–H and O–H groups in total. The molecule has 5 rings (SSSR count). The number of Topliss-reactive ketones (excluding diaryl/α,β-unsaturated/α-hetero) is 1. The van der Waals surface area contributed by atoms with Crippen LogP contribution in [-0.2, 0) is 21.4 Å². The van der Waals surface area contributed by atoms with Crippen molar-refractivity contribution in [3.8, 4) is 5.75 Å². The molecule has 186 valence electrons. The molecule has 2 aliphatic heterocycles. The van der Waals surface area contributed by atoms with E-state index >= 15 is 0 Å². The highest BCUT2D eigenvalue weighted by molar-refractivity contribution is 7.89. The lowest BCUT2D eigenvalue weighted by Gasteiger charge is -2.24. The standard InChI is InChI=1S/C26H22Cl2N2O5S/c27-22-10-8-17(13-23(22)28)15-29-24-11-9-20(14-21(24)25(31)26(29)32)36(33,34)30-12-4-5-18(30)16-35-19-6-2-1-3-7-19/h1-3,6-11,13-14,18H,4-5,12,15-16H2. The van der Waals surface area contributed by atoms with Gasteiger partial charge in [-0.25, -0.2) is 8.42 Å². The van der Waals surface area contributed by atoms with Gasteiger partial charge < -0.3 is 9.64 Å². The summed E-state index contributed by atoms with van der Waals surface area (Å²) >= 11 is 12.1. The van der Waals surface area contributed by atoms with E-state index in [9.17, 15) is 18.0 Å². The average molecular weight is 545 g/mol. The maximum Gasteiger partial charge on any atom is 0.299 e. The summed E-state index contributed by atoms with van der Waals surface area (Å²) in [6, 6.07) is 18.1. The smallest absolute Gasteiger partial charge is 0.299 e. The maximum atomic E-state index is 13.5. The van der Waals surface area contributed by atoms with Crippen LogP contribution in [0.3, 0.4) is 0 Å². The molecule has 1 unspecified atom stereocenters.